The van der Waals surface area contributed by atoms with Gasteiger partial charge in [0.1, 0.15) is 5.78 Å². The zero-order valence-corrected chi connectivity index (χ0v) is 14.7. The lowest BCUT2D eigenvalue weighted by atomic mass is 9.47. The van der Waals surface area contributed by atoms with Gasteiger partial charge in [0.2, 0.25) is 0 Å². The molecule has 0 amide bonds. The van der Waals surface area contributed by atoms with E-state index in [1.807, 2.05) is 0 Å². The van der Waals surface area contributed by atoms with Gasteiger partial charge in [-0.25, -0.2) is 0 Å². The van der Waals surface area contributed by atoms with E-state index < -0.39 is 0 Å². The molecule has 0 N–H and O–H groups in total. The van der Waals surface area contributed by atoms with E-state index in [2.05, 4.69) is 13.5 Å². The molecule has 3 rings (SSSR count). The Balaban J connectivity index is 1.73. The first-order valence-electron chi connectivity index (χ1n) is 9.69. The van der Waals surface area contributed by atoms with Gasteiger partial charge in [-0.05, 0) is 87.4 Å². The molecule has 0 heterocycles. The minimum Gasteiger partial charge on any atom is -0.300 e. The van der Waals surface area contributed by atoms with Crippen LogP contribution in [-0.4, -0.2) is 5.78 Å². The van der Waals surface area contributed by atoms with E-state index in [0.29, 0.717) is 17.1 Å². The van der Waals surface area contributed by atoms with Crippen molar-refractivity contribution in [3.8, 4) is 0 Å². The van der Waals surface area contributed by atoms with Crippen molar-refractivity contribution in [1.29, 1.82) is 0 Å². The molecule has 1 nitrogen and oxygen atoms in total. The summed E-state index contributed by atoms with van der Waals surface area (Å²) in [6.45, 7) is 8.77. The van der Waals surface area contributed by atoms with Crippen molar-refractivity contribution in [2.24, 2.45) is 29.1 Å². The first-order valence-corrected chi connectivity index (χ1v) is 9.69. The van der Waals surface area contributed by atoms with Crippen molar-refractivity contribution in [1.82, 2.24) is 0 Å². The second-order valence-corrected chi connectivity index (χ2v) is 8.69. The minimum atomic E-state index is 0.348. The summed E-state index contributed by atoms with van der Waals surface area (Å²) in [6, 6.07) is 0. The SMILES string of the molecule is C=C1CC[C@H]2[C@@H](CC[C@H]3CCCC[C@@]32C)[C@@H]1CCCC(C)=O. The predicted molar refractivity (Wildman–Crippen MR) is 92.7 cm³/mol. The van der Waals surface area contributed by atoms with E-state index in [-0.39, 0.29) is 0 Å². The third kappa shape index (κ3) is 2.93. The summed E-state index contributed by atoms with van der Waals surface area (Å²) in [7, 11) is 0. The van der Waals surface area contributed by atoms with Gasteiger partial charge in [0.05, 0.1) is 0 Å². The summed E-state index contributed by atoms with van der Waals surface area (Å²) in [4.78, 5) is 11.3. The van der Waals surface area contributed by atoms with Gasteiger partial charge < -0.3 is 4.79 Å². The normalized spacial score (nSPS) is 41.6. The molecule has 0 spiro atoms. The monoisotopic (exact) mass is 302 g/mol. The van der Waals surface area contributed by atoms with Crippen molar-refractivity contribution < 1.29 is 4.79 Å². The fraction of sp³-hybridized carbons (Fsp3) is 0.857. The second-order valence-electron chi connectivity index (χ2n) is 8.69. The van der Waals surface area contributed by atoms with Gasteiger partial charge in [-0.3, -0.25) is 0 Å². The Morgan fingerprint density at radius 2 is 2.05 bits per heavy atom. The van der Waals surface area contributed by atoms with E-state index in [4.69, 9.17) is 0 Å². The fourth-order valence-electron chi connectivity index (χ4n) is 6.32. The van der Waals surface area contributed by atoms with Crippen LogP contribution in [0.4, 0.5) is 0 Å². The van der Waals surface area contributed by atoms with Gasteiger partial charge in [-0.2, -0.15) is 0 Å². The Morgan fingerprint density at radius 3 is 2.82 bits per heavy atom. The number of carbonyl (C=O) groups is 1. The van der Waals surface area contributed by atoms with Gasteiger partial charge in [0.25, 0.3) is 0 Å². The van der Waals surface area contributed by atoms with E-state index in [1.165, 1.54) is 63.4 Å². The highest BCUT2D eigenvalue weighted by Crippen LogP contribution is 2.61. The standard InChI is InChI=1S/C21H34O/c1-15-10-13-20-19(18(15)9-6-7-16(2)22)12-11-17-8-4-5-14-21(17,20)3/h17-20H,1,4-14H2,2-3H3/t17-,18-,19+,20+,21+/m1/s1. The molecule has 3 aliphatic rings. The lowest BCUT2D eigenvalue weighted by Crippen LogP contribution is -2.49. The molecule has 0 unspecified atom stereocenters. The molecule has 0 saturated heterocycles. The third-order valence-electron chi connectivity index (χ3n) is 7.52. The number of rotatable bonds is 4. The molecule has 0 aromatic carbocycles. The maximum absolute atomic E-state index is 11.3. The number of Topliss-reactive ketones (excluding diaryl/α,β-unsaturated/α-hetero) is 1. The largest absolute Gasteiger partial charge is 0.300 e. The molecule has 22 heavy (non-hydrogen) atoms. The molecular weight excluding hydrogens is 268 g/mol. The van der Waals surface area contributed by atoms with Crippen LogP contribution in [0.25, 0.3) is 0 Å². The minimum absolute atomic E-state index is 0.348. The highest BCUT2D eigenvalue weighted by Gasteiger charge is 2.51. The fourth-order valence-corrected chi connectivity index (χ4v) is 6.32. The summed E-state index contributed by atoms with van der Waals surface area (Å²) in [6.07, 6.45) is 14.4. The molecule has 1 heteroatoms. The number of ketones is 1. The lowest BCUT2D eigenvalue weighted by Gasteiger charge is -2.58. The zero-order valence-electron chi connectivity index (χ0n) is 14.7. The number of hydrogen-bond acceptors (Lipinski definition) is 1. The predicted octanol–water partition coefficient (Wildman–Crippen LogP) is 5.93. The quantitative estimate of drug-likeness (QED) is 0.588. The lowest BCUT2D eigenvalue weighted by molar-refractivity contribution is -0.117. The van der Waals surface area contributed by atoms with Crippen molar-refractivity contribution in [3.05, 3.63) is 12.2 Å². The van der Waals surface area contributed by atoms with Crippen molar-refractivity contribution in [3.63, 3.8) is 0 Å². The molecule has 0 aliphatic heterocycles. The van der Waals surface area contributed by atoms with Gasteiger partial charge in [0.15, 0.2) is 0 Å². The number of carbonyl (C=O) groups excluding carboxylic acids is 1. The van der Waals surface area contributed by atoms with Crippen molar-refractivity contribution in [2.45, 2.75) is 84.5 Å². The van der Waals surface area contributed by atoms with Crippen LogP contribution in [0.5, 0.6) is 0 Å². The molecule has 3 saturated carbocycles. The first kappa shape index (κ1) is 16.3. The van der Waals surface area contributed by atoms with Crippen LogP contribution in [0, 0.1) is 29.1 Å². The number of fused-ring (bicyclic) bond motifs is 3. The summed E-state index contributed by atoms with van der Waals surface area (Å²) >= 11 is 0. The zero-order chi connectivity index (χ0) is 15.7. The van der Waals surface area contributed by atoms with Gasteiger partial charge in [-0.1, -0.05) is 31.9 Å². The van der Waals surface area contributed by atoms with E-state index in [9.17, 15) is 4.79 Å². The van der Waals surface area contributed by atoms with Crippen LogP contribution in [0.15, 0.2) is 12.2 Å². The first-order chi connectivity index (χ1) is 10.5. The Morgan fingerprint density at radius 1 is 1.23 bits per heavy atom. The molecule has 0 aromatic rings. The third-order valence-corrected chi connectivity index (χ3v) is 7.52. The molecule has 0 aromatic heterocycles. The number of hydrogen-bond donors (Lipinski definition) is 0. The number of allylic oxidation sites excluding steroid dienone is 1. The average molecular weight is 303 g/mol. The Kier molecular flexibility index (Phi) is 4.80. The highest BCUT2D eigenvalue weighted by molar-refractivity contribution is 5.75. The van der Waals surface area contributed by atoms with Crippen LogP contribution >= 0.6 is 0 Å². The Bertz CT molecular complexity index is 437. The summed E-state index contributed by atoms with van der Waals surface area (Å²) in [5.41, 5.74) is 2.11. The second kappa shape index (κ2) is 6.49. The smallest absolute Gasteiger partial charge is 0.129 e. The summed E-state index contributed by atoms with van der Waals surface area (Å²) in [5.74, 6) is 3.84. The van der Waals surface area contributed by atoms with Crippen LogP contribution in [0.3, 0.4) is 0 Å². The van der Waals surface area contributed by atoms with Crippen LogP contribution in [-0.2, 0) is 4.79 Å². The maximum Gasteiger partial charge on any atom is 0.129 e. The van der Waals surface area contributed by atoms with Gasteiger partial charge in [0, 0.05) is 6.42 Å². The summed E-state index contributed by atoms with van der Waals surface area (Å²) in [5, 5.41) is 0. The molecular formula is C21H34O. The molecule has 0 bridgehead atoms. The molecule has 3 aliphatic carbocycles. The van der Waals surface area contributed by atoms with Gasteiger partial charge in [-0.15, -0.1) is 0 Å². The summed E-state index contributed by atoms with van der Waals surface area (Å²) < 4.78 is 0. The van der Waals surface area contributed by atoms with E-state index in [0.717, 1.165) is 30.6 Å². The Hall–Kier alpha value is -0.590. The van der Waals surface area contributed by atoms with Crippen molar-refractivity contribution in [2.75, 3.05) is 0 Å². The van der Waals surface area contributed by atoms with Crippen LogP contribution in [0.1, 0.15) is 84.5 Å². The highest BCUT2D eigenvalue weighted by atomic mass is 16.1. The van der Waals surface area contributed by atoms with E-state index in [1.54, 1.807) is 6.92 Å². The topological polar surface area (TPSA) is 17.1 Å². The molecule has 3 fully saturated rings. The van der Waals surface area contributed by atoms with Crippen LogP contribution in [0.2, 0.25) is 0 Å². The van der Waals surface area contributed by atoms with E-state index >= 15 is 0 Å². The van der Waals surface area contributed by atoms with Gasteiger partial charge >= 0.3 is 0 Å². The maximum atomic E-state index is 11.3. The van der Waals surface area contributed by atoms with Crippen LogP contribution < -0.4 is 0 Å². The molecule has 124 valence electrons. The average Bonchev–Trinajstić information content (AvgIpc) is 2.48. The Labute approximate surface area is 136 Å². The van der Waals surface area contributed by atoms with Crippen molar-refractivity contribution >= 4 is 5.78 Å². The molecule has 5 atom stereocenters. The molecule has 0 radical (unpaired) electrons.